The third kappa shape index (κ3) is 4.29. The average Bonchev–Trinajstić information content (AvgIpc) is 2.78. The molecule has 0 unspecified atom stereocenters. The molecule has 0 bridgehead atoms. The van der Waals surface area contributed by atoms with Gasteiger partial charge < -0.3 is 14.4 Å². The highest BCUT2D eigenvalue weighted by Crippen LogP contribution is 2.31. The molecule has 29 heavy (non-hydrogen) atoms. The van der Waals surface area contributed by atoms with Gasteiger partial charge in [0.05, 0.1) is 14.2 Å². The van der Waals surface area contributed by atoms with Crippen molar-refractivity contribution in [2.75, 3.05) is 45.3 Å². The number of rotatable bonds is 6. The molecular formula is C19H23N3O6S. The molecule has 0 radical (unpaired) electrons. The number of piperazine rings is 1. The number of hydroxylamine groups is 1. The highest BCUT2D eigenvalue weighted by atomic mass is 32.2. The molecule has 0 atom stereocenters. The lowest BCUT2D eigenvalue weighted by Crippen LogP contribution is -2.48. The first-order chi connectivity index (χ1) is 13.9. The summed E-state index contributed by atoms with van der Waals surface area (Å²) in [6.45, 7) is 1.61. The van der Waals surface area contributed by atoms with Crippen LogP contribution in [-0.2, 0) is 10.0 Å². The van der Waals surface area contributed by atoms with Gasteiger partial charge in [-0.3, -0.25) is 10.0 Å². The fourth-order valence-corrected chi connectivity index (χ4v) is 4.79. The Bertz CT molecular complexity index is 970. The van der Waals surface area contributed by atoms with Crippen LogP contribution in [0.15, 0.2) is 47.4 Å². The van der Waals surface area contributed by atoms with E-state index in [1.165, 1.54) is 24.6 Å². The second-order valence-electron chi connectivity index (χ2n) is 6.40. The number of amides is 1. The number of hydrogen-bond donors (Lipinski definition) is 2. The first-order valence-corrected chi connectivity index (χ1v) is 10.4. The molecule has 0 saturated carbocycles. The smallest absolute Gasteiger partial charge is 0.274 e. The second kappa shape index (κ2) is 8.68. The van der Waals surface area contributed by atoms with E-state index in [9.17, 15) is 13.2 Å². The van der Waals surface area contributed by atoms with E-state index < -0.39 is 15.9 Å². The normalized spacial score (nSPS) is 15.1. The first-order valence-electron chi connectivity index (χ1n) is 8.92. The predicted octanol–water partition coefficient (Wildman–Crippen LogP) is 1.33. The molecule has 0 aliphatic carbocycles. The van der Waals surface area contributed by atoms with E-state index in [-0.39, 0.29) is 10.6 Å². The van der Waals surface area contributed by atoms with Gasteiger partial charge in [0.1, 0.15) is 16.4 Å². The Labute approximate surface area is 169 Å². The summed E-state index contributed by atoms with van der Waals surface area (Å²) in [5, 5.41) is 8.69. The molecule has 10 heteroatoms. The monoisotopic (exact) mass is 421 g/mol. The van der Waals surface area contributed by atoms with Gasteiger partial charge in [0, 0.05) is 43.5 Å². The number of ether oxygens (including phenoxy) is 2. The fraction of sp³-hybridized carbons (Fsp3) is 0.316. The number of nitrogens with one attached hydrogen (secondary N) is 1. The molecule has 1 saturated heterocycles. The lowest BCUT2D eigenvalue weighted by Gasteiger charge is -2.35. The van der Waals surface area contributed by atoms with Gasteiger partial charge >= 0.3 is 0 Å². The maximum atomic E-state index is 13.1. The summed E-state index contributed by atoms with van der Waals surface area (Å²) in [4.78, 5) is 13.5. The maximum Gasteiger partial charge on any atom is 0.274 e. The topological polar surface area (TPSA) is 108 Å². The van der Waals surface area contributed by atoms with E-state index >= 15 is 0 Å². The number of nitrogens with zero attached hydrogens (tertiary/aromatic N) is 2. The number of benzene rings is 2. The second-order valence-corrected chi connectivity index (χ2v) is 8.30. The summed E-state index contributed by atoms with van der Waals surface area (Å²) in [5.74, 6) is 0.126. The summed E-state index contributed by atoms with van der Waals surface area (Å²) in [6.07, 6.45) is 0. The van der Waals surface area contributed by atoms with Crippen LogP contribution in [0, 0.1) is 0 Å². The molecule has 1 heterocycles. The minimum Gasteiger partial charge on any atom is -0.497 e. The molecule has 156 valence electrons. The molecule has 1 fully saturated rings. The van der Waals surface area contributed by atoms with Crippen molar-refractivity contribution >= 4 is 21.6 Å². The Morgan fingerprint density at radius 1 is 1.00 bits per heavy atom. The summed E-state index contributed by atoms with van der Waals surface area (Å²) in [5.41, 5.74) is 2.80. The third-order valence-electron chi connectivity index (χ3n) is 4.82. The number of anilines is 1. The van der Waals surface area contributed by atoms with Crippen LogP contribution in [0.4, 0.5) is 5.69 Å². The molecule has 1 aliphatic heterocycles. The highest BCUT2D eigenvalue weighted by Gasteiger charge is 2.31. The van der Waals surface area contributed by atoms with Crippen LogP contribution < -0.4 is 19.9 Å². The zero-order valence-corrected chi connectivity index (χ0v) is 17.0. The molecule has 2 aromatic rings. The SMILES string of the molecule is COc1ccc(OC)c(S(=O)(=O)N2CCN(c3ccc(C(=O)NO)cc3)CC2)c1. The van der Waals surface area contributed by atoms with Gasteiger partial charge in [0.25, 0.3) is 5.91 Å². The van der Waals surface area contributed by atoms with Crippen LogP contribution >= 0.6 is 0 Å². The van der Waals surface area contributed by atoms with Gasteiger partial charge in [0.15, 0.2) is 0 Å². The number of carbonyl (C=O) groups excluding carboxylic acids is 1. The fourth-order valence-electron chi connectivity index (χ4n) is 3.20. The Balaban J connectivity index is 1.74. The van der Waals surface area contributed by atoms with Crippen LogP contribution in [0.25, 0.3) is 0 Å². The van der Waals surface area contributed by atoms with Gasteiger partial charge in [-0.25, -0.2) is 13.9 Å². The number of sulfonamides is 1. The summed E-state index contributed by atoms with van der Waals surface area (Å²) >= 11 is 0. The van der Waals surface area contributed by atoms with Crippen LogP contribution in [-0.4, -0.2) is 64.2 Å². The molecule has 0 aromatic heterocycles. The quantitative estimate of drug-likeness (QED) is 0.535. The van der Waals surface area contributed by atoms with Crippen LogP contribution in [0.1, 0.15) is 10.4 Å². The Kier molecular flexibility index (Phi) is 6.26. The maximum absolute atomic E-state index is 13.1. The molecule has 2 N–H and O–H groups in total. The molecule has 9 nitrogen and oxygen atoms in total. The molecular weight excluding hydrogens is 398 g/mol. The molecule has 1 amide bonds. The third-order valence-corrected chi connectivity index (χ3v) is 6.74. The van der Waals surface area contributed by atoms with Crippen molar-refractivity contribution in [3.63, 3.8) is 0 Å². The van der Waals surface area contributed by atoms with E-state index in [1.807, 2.05) is 4.90 Å². The minimum atomic E-state index is -3.74. The summed E-state index contributed by atoms with van der Waals surface area (Å²) in [6, 6.07) is 11.4. The lowest BCUT2D eigenvalue weighted by atomic mass is 10.2. The van der Waals surface area contributed by atoms with Crippen LogP contribution in [0.3, 0.4) is 0 Å². The van der Waals surface area contributed by atoms with Gasteiger partial charge in [-0.1, -0.05) is 0 Å². The van der Waals surface area contributed by atoms with E-state index in [0.29, 0.717) is 37.5 Å². The molecule has 0 spiro atoms. The Hall–Kier alpha value is -2.82. The van der Waals surface area contributed by atoms with Crippen molar-refractivity contribution in [1.82, 2.24) is 9.79 Å². The number of hydrogen-bond acceptors (Lipinski definition) is 7. The van der Waals surface area contributed by atoms with Gasteiger partial charge in [-0.15, -0.1) is 0 Å². The summed E-state index contributed by atoms with van der Waals surface area (Å²) in [7, 11) is -0.835. The van der Waals surface area contributed by atoms with Crippen molar-refractivity contribution in [3.05, 3.63) is 48.0 Å². The Morgan fingerprint density at radius 3 is 2.21 bits per heavy atom. The van der Waals surface area contributed by atoms with E-state index in [2.05, 4.69) is 0 Å². The standard InChI is InChI=1S/C19H23N3O6S/c1-27-16-7-8-17(28-2)18(13-16)29(25,26)22-11-9-21(10-12-22)15-5-3-14(4-6-15)19(23)20-24/h3-8,13,24H,9-12H2,1-2H3,(H,20,23). The zero-order chi connectivity index (χ0) is 21.0. The van der Waals surface area contributed by atoms with E-state index in [0.717, 1.165) is 5.69 Å². The van der Waals surface area contributed by atoms with Crippen molar-refractivity contribution in [1.29, 1.82) is 0 Å². The van der Waals surface area contributed by atoms with Crippen LogP contribution in [0.2, 0.25) is 0 Å². The largest absolute Gasteiger partial charge is 0.497 e. The summed E-state index contributed by atoms with van der Waals surface area (Å²) < 4.78 is 38.1. The van der Waals surface area contributed by atoms with Crippen molar-refractivity contribution in [3.8, 4) is 11.5 Å². The van der Waals surface area contributed by atoms with Crippen molar-refractivity contribution in [2.24, 2.45) is 0 Å². The van der Waals surface area contributed by atoms with Crippen molar-refractivity contribution < 1.29 is 27.9 Å². The highest BCUT2D eigenvalue weighted by molar-refractivity contribution is 7.89. The molecule has 3 rings (SSSR count). The van der Waals surface area contributed by atoms with Crippen LogP contribution in [0.5, 0.6) is 11.5 Å². The lowest BCUT2D eigenvalue weighted by molar-refractivity contribution is 0.0706. The minimum absolute atomic E-state index is 0.0761. The van der Waals surface area contributed by atoms with E-state index in [1.54, 1.807) is 41.9 Å². The van der Waals surface area contributed by atoms with E-state index in [4.69, 9.17) is 14.7 Å². The number of methoxy groups -OCH3 is 2. The first kappa shape index (κ1) is 20.9. The van der Waals surface area contributed by atoms with Gasteiger partial charge in [-0.2, -0.15) is 4.31 Å². The average molecular weight is 421 g/mol. The molecule has 2 aromatic carbocycles. The van der Waals surface area contributed by atoms with Gasteiger partial charge in [0.2, 0.25) is 10.0 Å². The zero-order valence-electron chi connectivity index (χ0n) is 16.2. The van der Waals surface area contributed by atoms with Gasteiger partial charge in [-0.05, 0) is 36.4 Å². The number of carbonyl (C=O) groups is 1. The predicted molar refractivity (Wildman–Crippen MR) is 106 cm³/mol. The Morgan fingerprint density at radius 2 is 1.66 bits per heavy atom. The van der Waals surface area contributed by atoms with Crippen molar-refractivity contribution in [2.45, 2.75) is 4.90 Å². The molecule has 1 aliphatic rings.